The molecule has 0 saturated carbocycles. The van der Waals surface area contributed by atoms with Crippen molar-refractivity contribution in [2.45, 2.75) is 6.92 Å². The van der Waals surface area contributed by atoms with Gasteiger partial charge < -0.3 is 15.8 Å². The van der Waals surface area contributed by atoms with Crippen LogP contribution in [0, 0.1) is 0 Å². The summed E-state index contributed by atoms with van der Waals surface area (Å²) in [4.78, 5) is 16.0. The molecular formula is C14H15N3O2S. The molecule has 0 radical (unpaired) electrons. The second-order valence-electron chi connectivity index (χ2n) is 4.09. The highest BCUT2D eigenvalue weighted by atomic mass is 32.1. The molecule has 0 aliphatic rings. The predicted octanol–water partition coefficient (Wildman–Crippen LogP) is 1.84. The van der Waals surface area contributed by atoms with E-state index in [9.17, 15) is 4.79 Å². The maximum Gasteiger partial charge on any atom is 0.325 e. The monoisotopic (exact) mass is 289 g/mol. The third-order valence-electron chi connectivity index (χ3n) is 2.76. The van der Waals surface area contributed by atoms with Gasteiger partial charge in [-0.2, -0.15) is 0 Å². The van der Waals surface area contributed by atoms with E-state index in [1.165, 1.54) is 0 Å². The fourth-order valence-electron chi connectivity index (χ4n) is 1.89. The fraction of sp³-hybridized carbons (Fsp3) is 0.214. The molecule has 1 aromatic heterocycles. The summed E-state index contributed by atoms with van der Waals surface area (Å²) in [5.74, 6) is -0.331. The Balaban J connectivity index is 2.39. The standard InChI is InChI=1S/C14H15N3O2S/c1-2-19-12(18)8-17-13-9-5-3-4-6-11(9)16-7-10(13)14(15)20/h3-7H,2,8H2,1H3,(H2,15,20)(H,16,17). The van der Waals surface area contributed by atoms with E-state index < -0.39 is 0 Å². The number of benzene rings is 1. The fourth-order valence-corrected chi connectivity index (χ4v) is 2.05. The summed E-state index contributed by atoms with van der Waals surface area (Å²) in [5, 5.41) is 3.90. The Bertz CT molecular complexity index is 658. The van der Waals surface area contributed by atoms with Crippen molar-refractivity contribution < 1.29 is 9.53 Å². The number of anilines is 1. The molecule has 0 amide bonds. The number of nitrogens with zero attached hydrogens (tertiary/aromatic N) is 1. The first-order valence-corrected chi connectivity index (χ1v) is 6.61. The number of aromatic nitrogens is 1. The minimum absolute atomic E-state index is 0.0530. The number of esters is 1. The molecule has 20 heavy (non-hydrogen) atoms. The maximum atomic E-state index is 11.5. The van der Waals surface area contributed by atoms with Crippen molar-refractivity contribution in [3.8, 4) is 0 Å². The van der Waals surface area contributed by atoms with Crippen molar-refractivity contribution in [2.75, 3.05) is 18.5 Å². The van der Waals surface area contributed by atoms with Crippen LogP contribution < -0.4 is 11.1 Å². The van der Waals surface area contributed by atoms with E-state index in [0.29, 0.717) is 17.9 Å². The third kappa shape index (κ3) is 3.03. The van der Waals surface area contributed by atoms with Crippen molar-refractivity contribution in [3.63, 3.8) is 0 Å². The average Bonchev–Trinajstić information content (AvgIpc) is 2.44. The molecule has 1 aromatic carbocycles. The Morgan fingerprint density at radius 3 is 2.90 bits per heavy atom. The SMILES string of the molecule is CCOC(=O)CNc1c(C(N)=S)cnc2ccccc12. The van der Waals surface area contributed by atoms with Gasteiger partial charge in [0, 0.05) is 11.6 Å². The molecule has 0 aliphatic carbocycles. The van der Waals surface area contributed by atoms with Gasteiger partial charge in [0.25, 0.3) is 0 Å². The summed E-state index contributed by atoms with van der Waals surface area (Å²) in [5.41, 5.74) is 7.83. The highest BCUT2D eigenvalue weighted by Gasteiger charge is 2.12. The summed E-state index contributed by atoms with van der Waals surface area (Å²) < 4.78 is 4.89. The molecule has 0 aliphatic heterocycles. The third-order valence-corrected chi connectivity index (χ3v) is 2.98. The first-order chi connectivity index (χ1) is 9.63. The zero-order valence-electron chi connectivity index (χ0n) is 11.1. The van der Waals surface area contributed by atoms with Gasteiger partial charge in [0.1, 0.15) is 11.5 Å². The van der Waals surface area contributed by atoms with Gasteiger partial charge in [0.2, 0.25) is 0 Å². The van der Waals surface area contributed by atoms with Gasteiger partial charge in [0.15, 0.2) is 0 Å². The number of hydrogen-bond donors (Lipinski definition) is 2. The quantitative estimate of drug-likeness (QED) is 0.646. The summed E-state index contributed by atoms with van der Waals surface area (Å²) in [6, 6.07) is 7.57. The number of ether oxygens (including phenoxy) is 1. The lowest BCUT2D eigenvalue weighted by atomic mass is 10.1. The van der Waals surface area contributed by atoms with Gasteiger partial charge in [0.05, 0.1) is 23.4 Å². The second kappa shape index (κ2) is 6.29. The van der Waals surface area contributed by atoms with E-state index in [1.807, 2.05) is 24.3 Å². The summed E-state index contributed by atoms with van der Waals surface area (Å²) in [7, 11) is 0. The highest BCUT2D eigenvalue weighted by molar-refractivity contribution is 7.80. The molecule has 2 aromatic rings. The van der Waals surface area contributed by atoms with Crippen molar-refractivity contribution in [1.82, 2.24) is 4.98 Å². The molecule has 3 N–H and O–H groups in total. The minimum Gasteiger partial charge on any atom is -0.465 e. The van der Waals surface area contributed by atoms with Crippen molar-refractivity contribution in [2.24, 2.45) is 5.73 Å². The number of fused-ring (bicyclic) bond motifs is 1. The summed E-state index contributed by atoms with van der Waals surface area (Å²) in [6.45, 7) is 2.16. The molecule has 0 bridgehead atoms. The van der Waals surface area contributed by atoms with Crippen molar-refractivity contribution in [3.05, 3.63) is 36.0 Å². The molecule has 6 heteroatoms. The van der Waals surface area contributed by atoms with E-state index in [2.05, 4.69) is 10.3 Å². The molecule has 5 nitrogen and oxygen atoms in total. The Morgan fingerprint density at radius 2 is 2.20 bits per heavy atom. The number of hydrogen-bond acceptors (Lipinski definition) is 5. The highest BCUT2D eigenvalue weighted by Crippen LogP contribution is 2.25. The van der Waals surface area contributed by atoms with Crippen LogP contribution in [-0.2, 0) is 9.53 Å². The number of carbonyl (C=O) groups excluding carboxylic acids is 1. The van der Waals surface area contributed by atoms with E-state index >= 15 is 0 Å². The van der Waals surface area contributed by atoms with Crippen LogP contribution in [0.1, 0.15) is 12.5 Å². The van der Waals surface area contributed by atoms with Gasteiger partial charge >= 0.3 is 5.97 Å². The van der Waals surface area contributed by atoms with Gasteiger partial charge in [-0.1, -0.05) is 30.4 Å². The largest absolute Gasteiger partial charge is 0.465 e. The van der Waals surface area contributed by atoms with Crippen LogP contribution in [0.25, 0.3) is 10.9 Å². The Kier molecular flexibility index (Phi) is 4.47. The lowest BCUT2D eigenvalue weighted by Crippen LogP contribution is -2.20. The first-order valence-electron chi connectivity index (χ1n) is 6.20. The predicted molar refractivity (Wildman–Crippen MR) is 82.8 cm³/mol. The topological polar surface area (TPSA) is 77.2 Å². The molecule has 0 fully saturated rings. The summed E-state index contributed by atoms with van der Waals surface area (Å²) in [6.07, 6.45) is 1.61. The Labute approximate surface area is 122 Å². The molecule has 0 saturated heterocycles. The van der Waals surface area contributed by atoms with Crippen LogP contribution in [0.5, 0.6) is 0 Å². The van der Waals surface area contributed by atoms with Gasteiger partial charge in [-0.15, -0.1) is 0 Å². The smallest absolute Gasteiger partial charge is 0.325 e. The summed E-state index contributed by atoms with van der Waals surface area (Å²) >= 11 is 5.03. The first kappa shape index (κ1) is 14.2. The van der Waals surface area contributed by atoms with E-state index in [1.54, 1.807) is 13.1 Å². The minimum atomic E-state index is -0.331. The number of thiocarbonyl (C=S) groups is 1. The molecule has 0 atom stereocenters. The van der Waals surface area contributed by atoms with Gasteiger partial charge in [-0.3, -0.25) is 9.78 Å². The van der Waals surface area contributed by atoms with E-state index in [0.717, 1.165) is 10.9 Å². The second-order valence-corrected chi connectivity index (χ2v) is 4.53. The van der Waals surface area contributed by atoms with Crippen molar-refractivity contribution in [1.29, 1.82) is 0 Å². The lowest BCUT2D eigenvalue weighted by Gasteiger charge is -2.13. The molecule has 104 valence electrons. The normalized spacial score (nSPS) is 10.2. The lowest BCUT2D eigenvalue weighted by molar-refractivity contribution is -0.140. The van der Waals surface area contributed by atoms with Crippen LogP contribution in [0.4, 0.5) is 5.69 Å². The van der Waals surface area contributed by atoms with E-state index in [-0.39, 0.29) is 17.5 Å². The van der Waals surface area contributed by atoms with E-state index in [4.69, 9.17) is 22.7 Å². The number of nitrogens with one attached hydrogen (secondary N) is 1. The number of nitrogens with two attached hydrogens (primary N) is 1. The average molecular weight is 289 g/mol. The molecule has 0 unspecified atom stereocenters. The van der Waals surface area contributed by atoms with Crippen LogP contribution in [0.2, 0.25) is 0 Å². The number of rotatable bonds is 5. The number of carbonyl (C=O) groups is 1. The number of para-hydroxylation sites is 1. The van der Waals surface area contributed by atoms with Gasteiger partial charge in [-0.25, -0.2) is 0 Å². The van der Waals surface area contributed by atoms with Crippen LogP contribution >= 0.6 is 12.2 Å². The maximum absolute atomic E-state index is 11.5. The van der Waals surface area contributed by atoms with Crippen LogP contribution in [0.15, 0.2) is 30.5 Å². The number of pyridine rings is 1. The molecular weight excluding hydrogens is 274 g/mol. The van der Waals surface area contributed by atoms with Crippen LogP contribution in [0.3, 0.4) is 0 Å². The Hall–Kier alpha value is -2.21. The Morgan fingerprint density at radius 1 is 1.45 bits per heavy atom. The molecule has 1 heterocycles. The van der Waals surface area contributed by atoms with Gasteiger partial charge in [-0.05, 0) is 13.0 Å². The molecule has 0 spiro atoms. The zero-order valence-corrected chi connectivity index (χ0v) is 11.9. The zero-order chi connectivity index (χ0) is 14.5. The van der Waals surface area contributed by atoms with Crippen molar-refractivity contribution >= 4 is 39.8 Å². The molecule has 2 rings (SSSR count). The van der Waals surface area contributed by atoms with Crippen LogP contribution in [-0.4, -0.2) is 29.1 Å².